The lowest BCUT2D eigenvalue weighted by molar-refractivity contribution is -0.384. The summed E-state index contributed by atoms with van der Waals surface area (Å²) in [4.78, 5) is 28.2. The monoisotopic (exact) mass is 415 g/mol. The summed E-state index contributed by atoms with van der Waals surface area (Å²) in [5.41, 5.74) is 1.76. The summed E-state index contributed by atoms with van der Waals surface area (Å²) >= 11 is 0. The van der Waals surface area contributed by atoms with Crippen LogP contribution in [0.15, 0.2) is 36.7 Å². The summed E-state index contributed by atoms with van der Waals surface area (Å²) in [5, 5.41) is 25.4. The summed E-state index contributed by atoms with van der Waals surface area (Å²) in [6, 6.07) is 10.2. The van der Waals surface area contributed by atoms with Gasteiger partial charge in [-0.15, -0.1) is 0 Å². The fourth-order valence-corrected chi connectivity index (χ4v) is 3.87. The van der Waals surface area contributed by atoms with Crippen molar-refractivity contribution in [3.8, 4) is 6.07 Å². The summed E-state index contributed by atoms with van der Waals surface area (Å²) in [7, 11) is 0. The molecule has 0 amide bonds. The Kier molecular flexibility index (Phi) is 4.32. The van der Waals surface area contributed by atoms with E-state index in [0.29, 0.717) is 41.2 Å². The van der Waals surface area contributed by atoms with Crippen molar-refractivity contribution in [2.24, 2.45) is 0 Å². The molecule has 0 radical (unpaired) electrons. The van der Waals surface area contributed by atoms with E-state index < -0.39 is 4.92 Å². The van der Waals surface area contributed by atoms with Crippen LogP contribution in [-0.4, -0.2) is 55.7 Å². The Labute approximate surface area is 176 Å². The summed E-state index contributed by atoms with van der Waals surface area (Å²) in [5.74, 6) is 2.20. The molecule has 1 aliphatic rings. The van der Waals surface area contributed by atoms with Gasteiger partial charge in [0.25, 0.3) is 11.5 Å². The molecule has 1 saturated heterocycles. The predicted molar refractivity (Wildman–Crippen MR) is 113 cm³/mol. The zero-order chi connectivity index (χ0) is 21.5. The molecule has 31 heavy (non-hydrogen) atoms. The minimum atomic E-state index is -0.472. The van der Waals surface area contributed by atoms with Crippen LogP contribution in [0.3, 0.4) is 0 Å². The molecule has 0 bridgehead atoms. The first-order valence-electron chi connectivity index (χ1n) is 9.70. The van der Waals surface area contributed by atoms with E-state index in [1.807, 2.05) is 13.0 Å². The largest absolute Gasteiger partial charge is 0.353 e. The molecule has 5 rings (SSSR count). The fraction of sp³-hybridized carbons (Fsp3) is 0.250. The van der Waals surface area contributed by atoms with E-state index in [9.17, 15) is 15.4 Å². The van der Waals surface area contributed by atoms with E-state index >= 15 is 0 Å². The quantitative estimate of drug-likeness (QED) is 0.365. The zero-order valence-corrected chi connectivity index (χ0v) is 16.6. The molecule has 154 valence electrons. The number of nitro benzene ring substituents is 1. The van der Waals surface area contributed by atoms with E-state index in [1.165, 1.54) is 18.5 Å². The first-order chi connectivity index (χ1) is 15.0. The van der Waals surface area contributed by atoms with Crippen LogP contribution in [0, 0.1) is 28.4 Å². The Bertz CT molecular complexity index is 1370. The number of nitrogens with zero attached hydrogens (tertiary/aromatic N) is 9. The van der Waals surface area contributed by atoms with Crippen molar-refractivity contribution in [3.63, 3.8) is 0 Å². The normalized spacial score (nSPS) is 14.2. The molecule has 1 aliphatic heterocycles. The third kappa shape index (κ3) is 3.24. The zero-order valence-electron chi connectivity index (χ0n) is 16.6. The van der Waals surface area contributed by atoms with Gasteiger partial charge in [-0.05, 0) is 19.1 Å². The number of anilines is 2. The standard InChI is InChI=1S/C20H17N9O2/c1-13-8-19(28-20(24-13)22-12-23-28)27-6-4-26(5-7-27)18-9-14(11-21)16-10-15(29(30)31)2-3-17(16)25-18/h2-3,8-10,12H,4-7H2,1H3. The van der Waals surface area contributed by atoms with Crippen LogP contribution in [0.2, 0.25) is 0 Å². The van der Waals surface area contributed by atoms with Gasteiger partial charge in [0.1, 0.15) is 18.0 Å². The number of fused-ring (bicyclic) bond motifs is 2. The Morgan fingerprint density at radius 3 is 2.61 bits per heavy atom. The minimum Gasteiger partial charge on any atom is -0.353 e. The van der Waals surface area contributed by atoms with Crippen molar-refractivity contribution in [3.05, 3.63) is 58.0 Å². The molecule has 1 fully saturated rings. The van der Waals surface area contributed by atoms with E-state index in [4.69, 9.17) is 0 Å². The summed E-state index contributed by atoms with van der Waals surface area (Å²) < 4.78 is 1.73. The number of aromatic nitrogens is 5. The Hall–Kier alpha value is -4.33. The van der Waals surface area contributed by atoms with Gasteiger partial charge in [0.2, 0.25) is 0 Å². The molecule has 0 unspecified atom stereocenters. The summed E-state index contributed by atoms with van der Waals surface area (Å²) in [6.07, 6.45) is 1.49. The van der Waals surface area contributed by atoms with Crippen molar-refractivity contribution >= 4 is 34.0 Å². The second kappa shape index (κ2) is 7.17. The average molecular weight is 415 g/mol. The van der Waals surface area contributed by atoms with Gasteiger partial charge < -0.3 is 9.80 Å². The average Bonchev–Trinajstić information content (AvgIpc) is 3.25. The number of benzene rings is 1. The van der Waals surface area contributed by atoms with Gasteiger partial charge in [-0.25, -0.2) is 9.97 Å². The van der Waals surface area contributed by atoms with Gasteiger partial charge in [0.05, 0.1) is 22.1 Å². The summed E-state index contributed by atoms with van der Waals surface area (Å²) in [6.45, 7) is 4.81. The molecule has 0 atom stereocenters. The molecule has 11 nitrogen and oxygen atoms in total. The topological polar surface area (TPSA) is 129 Å². The molecule has 1 aromatic carbocycles. The third-order valence-electron chi connectivity index (χ3n) is 5.40. The lowest BCUT2D eigenvalue weighted by atomic mass is 10.1. The highest BCUT2D eigenvalue weighted by Gasteiger charge is 2.22. The van der Waals surface area contributed by atoms with Crippen molar-refractivity contribution in [2.75, 3.05) is 36.0 Å². The fourth-order valence-electron chi connectivity index (χ4n) is 3.87. The maximum Gasteiger partial charge on any atom is 0.270 e. The number of nitriles is 1. The highest BCUT2D eigenvalue weighted by Crippen LogP contribution is 2.27. The van der Waals surface area contributed by atoms with Crippen LogP contribution in [0.5, 0.6) is 0 Å². The second-order valence-corrected chi connectivity index (χ2v) is 7.30. The minimum absolute atomic E-state index is 0.0563. The van der Waals surface area contributed by atoms with Gasteiger partial charge in [-0.2, -0.15) is 19.9 Å². The molecule has 0 saturated carbocycles. The predicted octanol–water partition coefficient (Wildman–Crippen LogP) is 2.09. The molecule has 0 aliphatic carbocycles. The number of non-ortho nitro benzene ring substituents is 1. The number of hydrogen-bond donors (Lipinski definition) is 0. The van der Waals surface area contributed by atoms with Gasteiger partial charge in [-0.3, -0.25) is 10.1 Å². The van der Waals surface area contributed by atoms with Crippen molar-refractivity contribution in [1.29, 1.82) is 5.26 Å². The third-order valence-corrected chi connectivity index (χ3v) is 5.40. The molecule has 11 heteroatoms. The lowest BCUT2D eigenvalue weighted by Gasteiger charge is -2.36. The van der Waals surface area contributed by atoms with E-state index in [2.05, 4.69) is 35.9 Å². The Morgan fingerprint density at radius 2 is 1.87 bits per heavy atom. The number of hydrogen-bond acceptors (Lipinski definition) is 9. The first kappa shape index (κ1) is 18.7. The maximum absolute atomic E-state index is 11.1. The van der Waals surface area contributed by atoms with Gasteiger partial charge in [0, 0.05) is 55.5 Å². The van der Waals surface area contributed by atoms with E-state index in [-0.39, 0.29) is 5.69 Å². The molecular weight excluding hydrogens is 398 g/mol. The number of nitro groups is 1. The SMILES string of the molecule is Cc1cc(N2CCN(c3cc(C#N)c4cc([N+](=O)[O-])ccc4n3)CC2)n2ncnc2n1. The maximum atomic E-state index is 11.1. The second-order valence-electron chi connectivity index (χ2n) is 7.30. The molecule has 0 N–H and O–H groups in total. The van der Waals surface area contributed by atoms with Crippen LogP contribution < -0.4 is 9.80 Å². The van der Waals surface area contributed by atoms with Crippen LogP contribution >= 0.6 is 0 Å². The van der Waals surface area contributed by atoms with Crippen LogP contribution in [0.4, 0.5) is 17.3 Å². The van der Waals surface area contributed by atoms with Gasteiger partial charge >= 0.3 is 0 Å². The molecule has 4 aromatic rings. The lowest BCUT2D eigenvalue weighted by Crippen LogP contribution is -2.47. The number of aryl methyl sites for hydroxylation is 1. The van der Waals surface area contributed by atoms with E-state index in [1.54, 1.807) is 16.6 Å². The van der Waals surface area contributed by atoms with Crippen LogP contribution in [0.25, 0.3) is 16.7 Å². The van der Waals surface area contributed by atoms with Crippen molar-refractivity contribution in [2.45, 2.75) is 6.92 Å². The van der Waals surface area contributed by atoms with Crippen LogP contribution in [0.1, 0.15) is 11.3 Å². The molecule has 0 spiro atoms. The van der Waals surface area contributed by atoms with Gasteiger partial charge in [0.15, 0.2) is 0 Å². The molecule has 4 heterocycles. The first-order valence-corrected chi connectivity index (χ1v) is 9.70. The Morgan fingerprint density at radius 1 is 1.10 bits per heavy atom. The smallest absolute Gasteiger partial charge is 0.270 e. The van der Waals surface area contributed by atoms with Crippen molar-refractivity contribution < 1.29 is 4.92 Å². The Balaban J connectivity index is 1.42. The highest BCUT2D eigenvalue weighted by atomic mass is 16.6. The van der Waals surface area contributed by atoms with Gasteiger partial charge in [-0.1, -0.05) is 0 Å². The highest BCUT2D eigenvalue weighted by molar-refractivity contribution is 5.88. The number of pyridine rings is 1. The van der Waals surface area contributed by atoms with E-state index in [0.717, 1.165) is 24.6 Å². The number of rotatable bonds is 3. The molecular formula is C20H17N9O2. The number of piperazine rings is 1. The van der Waals surface area contributed by atoms with Crippen LogP contribution in [-0.2, 0) is 0 Å². The molecule has 3 aromatic heterocycles. The van der Waals surface area contributed by atoms with Crippen molar-refractivity contribution in [1.82, 2.24) is 24.6 Å².